The van der Waals surface area contributed by atoms with Crippen molar-refractivity contribution >= 4 is 12.0 Å². The van der Waals surface area contributed by atoms with Crippen LogP contribution < -0.4 is 4.90 Å². The molecule has 0 spiro atoms. The maximum absolute atomic E-state index is 10.8. The van der Waals surface area contributed by atoms with E-state index in [9.17, 15) is 4.79 Å². The summed E-state index contributed by atoms with van der Waals surface area (Å²) in [6.07, 6.45) is 3.57. The second-order valence-electron chi connectivity index (χ2n) is 4.82. The smallest absolute Gasteiger partial charge is 0.150 e. The van der Waals surface area contributed by atoms with Crippen LogP contribution in [0.5, 0.6) is 0 Å². The third-order valence-corrected chi connectivity index (χ3v) is 3.53. The minimum absolute atomic E-state index is 0.342. The van der Waals surface area contributed by atoms with Gasteiger partial charge >= 0.3 is 0 Å². The molecule has 0 radical (unpaired) electrons. The van der Waals surface area contributed by atoms with Crippen molar-refractivity contribution in [1.29, 1.82) is 0 Å². The lowest BCUT2D eigenvalue weighted by molar-refractivity contribution is 0.0526. The number of carbonyl (C=O) groups is 1. The lowest BCUT2D eigenvalue weighted by Gasteiger charge is -2.34. The van der Waals surface area contributed by atoms with Gasteiger partial charge in [-0.15, -0.1) is 0 Å². The Morgan fingerprint density at radius 1 is 1.50 bits per heavy atom. The standard InChI is InChI=1S/C15H21NO2/c1-3-18-15-5-4-8-16(10-15)14-7-6-13(11-17)12(2)9-14/h6-7,9,11,15H,3-5,8,10H2,1-2H3. The number of aldehydes is 1. The Bertz CT molecular complexity index is 415. The summed E-state index contributed by atoms with van der Waals surface area (Å²) in [4.78, 5) is 13.2. The highest BCUT2D eigenvalue weighted by molar-refractivity contribution is 5.78. The Morgan fingerprint density at radius 3 is 3.00 bits per heavy atom. The summed E-state index contributed by atoms with van der Waals surface area (Å²) in [5.41, 5.74) is 3.01. The van der Waals surface area contributed by atoms with E-state index in [0.29, 0.717) is 6.10 Å². The fourth-order valence-corrected chi connectivity index (χ4v) is 2.53. The van der Waals surface area contributed by atoms with Gasteiger partial charge in [0.1, 0.15) is 6.29 Å². The number of rotatable bonds is 4. The van der Waals surface area contributed by atoms with E-state index in [1.807, 2.05) is 26.0 Å². The summed E-state index contributed by atoms with van der Waals surface area (Å²) in [5, 5.41) is 0. The van der Waals surface area contributed by atoms with Crippen molar-refractivity contribution in [3.8, 4) is 0 Å². The van der Waals surface area contributed by atoms with E-state index in [0.717, 1.165) is 43.5 Å². The average Bonchev–Trinajstić information content (AvgIpc) is 2.39. The van der Waals surface area contributed by atoms with Crippen LogP contribution in [0.15, 0.2) is 18.2 Å². The minimum atomic E-state index is 0.342. The number of nitrogens with zero attached hydrogens (tertiary/aromatic N) is 1. The SMILES string of the molecule is CCOC1CCCN(c2ccc(C=O)c(C)c2)C1. The fraction of sp³-hybridized carbons (Fsp3) is 0.533. The van der Waals surface area contributed by atoms with Crippen LogP contribution >= 0.6 is 0 Å². The number of ether oxygens (including phenoxy) is 1. The highest BCUT2D eigenvalue weighted by atomic mass is 16.5. The molecule has 98 valence electrons. The van der Waals surface area contributed by atoms with Gasteiger partial charge in [-0.3, -0.25) is 4.79 Å². The van der Waals surface area contributed by atoms with E-state index in [-0.39, 0.29) is 0 Å². The summed E-state index contributed by atoms with van der Waals surface area (Å²) in [6.45, 7) is 6.83. The molecule has 1 unspecified atom stereocenters. The maximum Gasteiger partial charge on any atom is 0.150 e. The second kappa shape index (κ2) is 6.01. The number of carbonyl (C=O) groups excluding carboxylic acids is 1. The van der Waals surface area contributed by atoms with Gasteiger partial charge in [-0.05, 0) is 50.5 Å². The Balaban J connectivity index is 2.10. The number of hydrogen-bond donors (Lipinski definition) is 0. The molecule has 1 aromatic carbocycles. The van der Waals surface area contributed by atoms with Crippen molar-refractivity contribution in [1.82, 2.24) is 0 Å². The highest BCUT2D eigenvalue weighted by Gasteiger charge is 2.20. The van der Waals surface area contributed by atoms with E-state index in [4.69, 9.17) is 4.74 Å². The summed E-state index contributed by atoms with van der Waals surface area (Å²) < 4.78 is 5.71. The second-order valence-corrected chi connectivity index (χ2v) is 4.82. The summed E-state index contributed by atoms with van der Waals surface area (Å²) in [7, 11) is 0. The number of piperidine rings is 1. The average molecular weight is 247 g/mol. The van der Waals surface area contributed by atoms with Gasteiger partial charge in [0.15, 0.2) is 0 Å². The molecule has 0 aliphatic carbocycles. The molecule has 1 saturated heterocycles. The highest BCUT2D eigenvalue weighted by Crippen LogP contribution is 2.23. The Hall–Kier alpha value is -1.35. The summed E-state index contributed by atoms with van der Waals surface area (Å²) >= 11 is 0. The molecule has 0 bridgehead atoms. The van der Waals surface area contributed by atoms with E-state index < -0.39 is 0 Å². The van der Waals surface area contributed by atoms with Gasteiger partial charge in [-0.2, -0.15) is 0 Å². The van der Waals surface area contributed by atoms with Crippen LogP contribution in [-0.4, -0.2) is 32.1 Å². The Kier molecular flexibility index (Phi) is 4.37. The number of benzene rings is 1. The molecule has 0 amide bonds. The fourth-order valence-electron chi connectivity index (χ4n) is 2.53. The molecule has 1 atom stereocenters. The van der Waals surface area contributed by atoms with Crippen LogP contribution in [0.25, 0.3) is 0 Å². The zero-order valence-corrected chi connectivity index (χ0v) is 11.2. The topological polar surface area (TPSA) is 29.5 Å². The molecule has 1 fully saturated rings. The lowest BCUT2D eigenvalue weighted by Crippen LogP contribution is -2.39. The molecule has 0 aromatic heterocycles. The van der Waals surface area contributed by atoms with Gasteiger partial charge < -0.3 is 9.64 Å². The summed E-state index contributed by atoms with van der Waals surface area (Å²) in [5.74, 6) is 0. The van der Waals surface area contributed by atoms with Gasteiger partial charge in [0, 0.05) is 30.9 Å². The zero-order valence-electron chi connectivity index (χ0n) is 11.2. The molecule has 18 heavy (non-hydrogen) atoms. The van der Waals surface area contributed by atoms with Crippen molar-refractivity contribution in [3.05, 3.63) is 29.3 Å². The minimum Gasteiger partial charge on any atom is -0.377 e. The number of hydrogen-bond acceptors (Lipinski definition) is 3. The summed E-state index contributed by atoms with van der Waals surface area (Å²) in [6, 6.07) is 6.03. The number of aryl methyl sites for hydroxylation is 1. The van der Waals surface area contributed by atoms with E-state index in [1.54, 1.807) is 0 Å². The predicted molar refractivity (Wildman–Crippen MR) is 73.4 cm³/mol. The monoisotopic (exact) mass is 247 g/mol. The molecule has 3 nitrogen and oxygen atoms in total. The van der Waals surface area contributed by atoms with Gasteiger partial charge in [0.25, 0.3) is 0 Å². The van der Waals surface area contributed by atoms with Crippen LogP contribution in [0.3, 0.4) is 0 Å². The normalized spacial score (nSPS) is 19.9. The van der Waals surface area contributed by atoms with E-state index in [1.165, 1.54) is 12.1 Å². The molecular weight excluding hydrogens is 226 g/mol. The first-order valence-electron chi connectivity index (χ1n) is 6.67. The van der Waals surface area contributed by atoms with Crippen LogP contribution in [0, 0.1) is 6.92 Å². The molecule has 1 aliphatic rings. The van der Waals surface area contributed by atoms with Crippen LogP contribution in [0.1, 0.15) is 35.7 Å². The maximum atomic E-state index is 10.8. The molecule has 3 heteroatoms. The van der Waals surface area contributed by atoms with Crippen molar-refractivity contribution in [2.45, 2.75) is 32.8 Å². The van der Waals surface area contributed by atoms with Crippen molar-refractivity contribution < 1.29 is 9.53 Å². The third-order valence-electron chi connectivity index (χ3n) is 3.53. The van der Waals surface area contributed by atoms with Crippen LogP contribution in [0.2, 0.25) is 0 Å². The Labute approximate surface area is 109 Å². The zero-order chi connectivity index (χ0) is 13.0. The molecule has 0 saturated carbocycles. The van der Waals surface area contributed by atoms with E-state index in [2.05, 4.69) is 11.0 Å². The lowest BCUT2D eigenvalue weighted by atomic mass is 10.0. The molecule has 0 N–H and O–H groups in total. The van der Waals surface area contributed by atoms with E-state index >= 15 is 0 Å². The first-order valence-corrected chi connectivity index (χ1v) is 6.67. The molecule has 1 aromatic rings. The first-order chi connectivity index (χ1) is 8.74. The third kappa shape index (κ3) is 2.91. The van der Waals surface area contributed by atoms with Crippen LogP contribution in [0.4, 0.5) is 5.69 Å². The molecule has 1 aliphatic heterocycles. The van der Waals surface area contributed by atoms with Gasteiger partial charge in [0.2, 0.25) is 0 Å². The predicted octanol–water partition coefficient (Wildman–Crippen LogP) is 2.81. The number of anilines is 1. The molecule has 1 heterocycles. The van der Waals surface area contributed by atoms with Crippen LogP contribution in [-0.2, 0) is 4.74 Å². The van der Waals surface area contributed by atoms with Crippen molar-refractivity contribution in [2.75, 3.05) is 24.6 Å². The van der Waals surface area contributed by atoms with Crippen molar-refractivity contribution in [3.63, 3.8) is 0 Å². The largest absolute Gasteiger partial charge is 0.377 e. The quantitative estimate of drug-likeness (QED) is 0.766. The molecule has 2 rings (SSSR count). The van der Waals surface area contributed by atoms with Gasteiger partial charge in [0.05, 0.1) is 6.10 Å². The Morgan fingerprint density at radius 2 is 2.33 bits per heavy atom. The molecular formula is C15H21NO2. The van der Waals surface area contributed by atoms with Gasteiger partial charge in [-0.25, -0.2) is 0 Å². The first kappa shape index (κ1) is 13.1. The van der Waals surface area contributed by atoms with Crippen molar-refractivity contribution in [2.24, 2.45) is 0 Å². The van der Waals surface area contributed by atoms with Gasteiger partial charge in [-0.1, -0.05) is 0 Å².